The Bertz CT molecular complexity index is 1570. The van der Waals surface area contributed by atoms with Crippen molar-refractivity contribution < 1.29 is 19.1 Å². The van der Waals surface area contributed by atoms with Crippen LogP contribution in [0.15, 0.2) is 72.8 Å². The van der Waals surface area contributed by atoms with Gasteiger partial charge in [0.05, 0.1) is 17.3 Å². The molecule has 3 aromatic carbocycles. The third kappa shape index (κ3) is 6.82. The number of fused-ring (bicyclic) bond motifs is 1. The Morgan fingerprint density at radius 1 is 1.00 bits per heavy atom. The summed E-state index contributed by atoms with van der Waals surface area (Å²) in [5.41, 5.74) is 3.84. The fourth-order valence-electron chi connectivity index (χ4n) is 3.79. The highest BCUT2D eigenvalue weighted by Gasteiger charge is 2.19. The van der Waals surface area contributed by atoms with E-state index in [-0.39, 0.29) is 24.1 Å². The molecular formula is C30H25Cl2N3O4. The predicted molar refractivity (Wildman–Crippen MR) is 155 cm³/mol. The van der Waals surface area contributed by atoms with Gasteiger partial charge in [0, 0.05) is 40.4 Å². The van der Waals surface area contributed by atoms with Crippen LogP contribution < -0.4 is 15.0 Å². The molecule has 0 radical (unpaired) electrons. The Kier molecular flexibility index (Phi) is 8.96. The molecule has 0 unspecified atom stereocenters. The van der Waals surface area contributed by atoms with Crippen LogP contribution in [0.2, 0.25) is 10.0 Å². The highest BCUT2D eigenvalue weighted by atomic mass is 35.5. The summed E-state index contributed by atoms with van der Waals surface area (Å²) in [5, 5.41) is 4.18. The van der Waals surface area contributed by atoms with Gasteiger partial charge in [-0.25, -0.2) is 4.98 Å². The van der Waals surface area contributed by atoms with E-state index in [9.17, 15) is 14.4 Å². The van der Waals surface area contributed by atoms with Crippen LogP contribution in [-0.2, 0) is 16.2 Å². The summed E-state index contributed by atoms with van der Waals surface area (Å²) in [6, 6.07) is 19.6. The van der Waals surface area contributed by atoms with Crippen molar-refractivity contribution in [3.8, 4) is 5.75 Å². The van der Waals surface area contributed by atoms with Crippen LogP contribution in [0.25, 0.3) is 17.0 Å². The fourth-order valence-corrected chi connectivity index (χ4v) is 4.40. The first-order valence-corrected chi connectivity index (χ1v) is 12.8. The van der Waals surface area contributed by atoms with Gasteiger partial charge in [0.25, 0.3) is 0 Å². The molecule has 0 bridgehead atoms. The smallest absolute Gasteiger partial charge is 0.246 e. The Labute approximate surface area is 236 Å². The third-order valence-electron chi connectivity index (χ3n) is 6.01. The van der Waals surface area contributed by atoms with E-state index in [0.717, 1.165) is 28.4 Å². The van der Waals surface area contributed by atoms with Crippen LogP contribution in [0.3, 0.4) is 0 Å². The van der Waals surface area contributed by atoms with E-state index in [0.29, 0.717) is 27.6 Å². The Hall–Kier alpha value is -4.20. The largest absolute Gasteiger partial charge is 0.487 e. The number of aryl methyl sites for hydroxylation is 1. The van der Waals surface area contributed by atoms with Gasteiger partial charge in [0.15, 0.2) is 0 Å². The molecule has 2 amide bonds. The number of aromatic nitrogens is 1. The maximum absolute atomic E-state index is 12.8. The van der Waals surface area contributed by atoms with Gasteiger partial charge in [-0.05, 0) is 42.8 Å². The number of anilines is 1. The monoisotopic (exact) mass is 561 g/mol. The molecule has 1 aromatic heterocycles. The van der Waals surface area contributed by atoms with Crippen molar-refractivity contribution in [2.45, 2.75) is 13.5 Å². The van der Waals surface area contributed by atoms with Crippen molar-refractivity contribution in [3.05, 3.63) is 105 Å². The second-order valence-corrected chi connectivity index (χ2v) is 9.50. The fraction of sp³-hybridized carbons (Fsp3) is 0.133. The van der Waals surface area contributed by atoms with Gasteiger partial charge in [0.1, 0.15) is 24.2 Å². The number of pyridine rings is 1. The Balaban J connectivity index is 1.41. The van der Waals surface area contributed by atoms with Gasteiger partial charge in [-0.2, -0.15) is 0 Å². The maximum atomic E-state index is 12.8. The van der Waals surface area contributed by atoms with E-state index in [1.807, 2.05) is 37.3 Å². The van der Waals surface area contributed by atoms with Crippen molar-refractivity contribution >= 4 is 64.0 Å². The first-order valence-electron chi connectivity index (χ1n) is 12.0. The Morgan fingerprint density at radius 3 is 2.49 bits per heavy atom. The molecule has 0 saturated heterocycles. The first-order chi connectivity index (χ1) is 18.8. The Morgan fingerprint density at radius 2 is 1.74 bits per heavy atom. The van der Waals surface area contributed by atoms with Crippen molar-refractivity contribution in [3.63, 3.8) is 0 Å². The number of rotatable bonds is 9. The number of ether oxygens (including phenoxy) is 1. The quantitative estimate of drug-likeness (QED) is 0.199. The number of hydrogen-bond donors (Lipinski definition) is 1. The molecule has 0 saturated carbocycles. The van der Waals surface area contributed by atoms with E-state index >= 15 is 0 Å². The highest BCUT2D eigenvalue weighted by molar-refractivity contribution is 6.38. The van der Waals surface area contributed by atoms with Gasteiger partial charge in [-0.15, -0.1) is 0 Å². The zero-order chi connectivity index (χ0) is 27.9. The minimum atomic E-state index is -0.438. The van der Waals surface area contributed by atoms with Crippen molar-refractivity contribution in [2.24, 2.45) is 0 Å². The second-order valence-electron chi connectivity index (χ2n) is 8.72. The average molecular weight is 562 g/mol. The van der Waals surface area contributed by atoms with Gasteiger partial charge < -0.3 is 15.0 Å². The molecule has 4 rings (SSSR count). The minimum absolute atomic E-state index is 0.0671. The van der Waals surface area contributed by atoms with Gasteiger partial charge in [0.2, 0.25) is 11.8 Å². The molecule has 39 heavy (non-hydrogen) atoms. The lowest BCUT2D eigenvalue weighted by molar-refractivity contribution is -0.122. The molecule has 198 valence electrons. The van der Waals surface area contributed by atoms with E-state index in [1.54, 1.807) is 49.5 Å². The highest BCUT2D eigenvalue weighted by Crippen LogP contribution is 2.35. The summed E-state index contributed by atoms with van der Waals surface area (Å²) in [4.78, 5) is 41.7. The molecule has 0 aliphatic rings. The minimum Gasteiger partial charge on any atom is -0.487 e. The molecule has 0 aliphatic carbocycles. The number of carbonyl (C=O) groups excluding carboxylic acids is 3. The lowest BCUT2D eigenvalue weighted by Crippen LogP contribution is -2.37. The molecule has 0 spiro atoms. The van der Waals surface area contributed by atoms with E-state index < -0.39 is 5.91 Å². The number of nitrogens with zero attached hydrogens (tertiary/aromatic N) is 2. The summed E-state index contributed by atoms with van der Waals surface area (Å²) in [6.07, 6.45) is 3.65. The maximum Gasteiger partial charge on any atom is 0.246 e. The van der Waals surface area contributed by atoms with E-state index in [2.05, 4.69) is 10.3 Å². The van der Waals surface area contributed by atoms with Crippen molar-refractivity contribution in [2.75, 3.05) is 18.5 Å². The zero-order valence-electron chi connectivity index (χ0n) is 21.3. The van der Waals surface area contributed by atoms with Crippen LogP contribution in [0.1, 0.15) is 27.2 Å². The molecule has 0 fully saturated rings. The van der Waals surface area contributed by atoms with Gasteiger partial charge >= 0.3 is 0 Å². The molecule has 7 nitrogen and oxygen atoms in total. The van der Waals surface area contributed by atoms with Crippen LogP contribution in [0.4, 0.5) is 5.69 Å². The van der Waals surface area contributed by atoms with E-state index in [4.69, 9.17) is 27.9 Å². The van der Waals surface area contributed by atoms with Crippen molar-refractivity contribution in [1.82, 2.24) is 10.3 Å². The summed E-state index contributed by atoms with van der Waals surface area (Å²) in [6.45, 7) is 1.74. The number of carbonyl (C=O) groups is 3. The SMILES string of the molecule is Cc1ccc2cccc(OCc3c(Cl)ccc(N(C)C(=O)CNC(=O)C=Cc4ccc(C=O)cc4)c3Cl)c2n1. The number of hydrogen-bond acceptors (Lipinski definition) is 5. The van der Waals surface area contributed by atoms with Gasteiger partial charge in [-0.1, -0.05) is 65.7 Å². The number of aldehydes is 1. The van der Waals surface area contributed by atoms with E-state index in [1.165, 1.54) is 11.0 Å². The second kappa shape index (κ2) is 12.6. The normalized spacial score (nSPS) is 11.0. The molecule has 0 aliphatic heterocycles. The first kappa shape index (κ1) is 27.8. The molecule has 0 atom stereocenters. The van der Waals surface area contributed by atoms with Crippen molar-refractivity contribution in [1.29, 1.82) is 0 Å². The number of likely N-dealkylation sites (N-methyl/N-ethyl adjacent to an activating group) is 1. The molecule has 9 heteroatoms. The number of nitrogens with one attached hydrogen (secondary N) is 1. The number of amides is 2. The lowest BCUT2D eigenvalue weighted by atomic mass is 10.1. The number of para-hydroxylation sites is 1. The molecule has 1 N–H and O–H groups in total. The molecular weight excluding hydrogens is 537 g/mol. The van der Waals surface area contributed by atoms with Gasteiger partial charge in [-0.3, -0.25) is 14.4 Å². The average Bonchev–Trinajstić information content (AvgIpc) is 2.94. The number of halogens is 2. The summed E-state index contributed by atoms with van der Waals surface area (Å²) >= 11 is 13.1. The molecule has 4 aromatic rings. The van der Waals surface area contributed by atoms with Crippen LogP contribution in [0.5, 0.6) is 5.75 Å². The zero-order valence-corrected chi connectivity index (χ0v) is 22.8. The van der Waals surface area contributed by atoms with Crippen LogP contribution in [-0.4, -0.2) is 36.7 Å². The third-order valence-corrected chi connectivity index (χ3v) is 6.78. The number of benzene rings is 3. The summed E-state index contributed by atoms with van der Waals surface area (Å²) < 4.78 is 6.06. The lowest BCUT2D eigenvalue weighted by Gasteiger charge is -2.21. The summed E-state index contributed by atoms with van der Waals surface area (Å²) in [5.74, 6) is -0.225. The standard InChI is InChI=1S/C30H25Cl2N3O4/c1-19-6-12-22-4-3-5-26(30(22)34-19)39-18-23-24(31)13-14-25(29(23)32)35(2)28(38)16-33-27(37)15-11-20-7-9-21(17-36)10-8-20/h3-15,17H,16,18H2,1-2H3,(H,33,37). The van der Waals surface area contributed by atoms with Crippen LogP contribution in [0, 0.1) is 6.92 Å². The molecule has 1 heterocycles. The topological polar surface area (TPSA) is 88.6 Å². The predicted octanol–water partition coefficient (Wildman–Crippen LogP) is 6.03. The summed E-state index contributed by atoms with van der Waals surface area (Å²) in [7, 11) is 1.57. The van der Waals surface area contributed by atoms with Crippen LogP contribution >= 0.6 is 23.2 Å².